The van der Waals surface area contributed by atoms with Gasteiger partial charge in [-0.2, -0.15) is 0 Å². The predicted octanol–water partition coefficient (Wildman–Crippen LogP) is 1.43. The van der Waals surface area contributed by atoms with Crippen LogP contribution in [0.1, 0.15) is 23.2 Å². The highest BCUT2D eigenvalue weighted by Crippen LogP contribution is 2.13. The molecule has 1 aromatic rings. The quantitative estimate of drug-likeness (QED) is 0.647. The van der Waals surface area contributed by atoms with Crippen molar-refractivity contribution >= 4 is 17.6 Å². The summed E-state index contributed by atoms with van der Waals surface area (Å²) < 4.78 is 17.5. The second-order valence-corrected chi connectivity index (χ2v) is 4.14. The van der Waals surface area contributed by atoms with Crippen LogP contribution in [0.3, 0.4) is 0 Å². The molecule has 0 fully saturated rings. The minimum Gasteiger partial charge on any atom is -0.469 e. The van der Waals surface area contributed by atoms with Crippen molar-refractivity contribution in [2.75, 3.05) is 26.4 Å². The molecule has 0 aliphatic rings. The third-order valence-electron chi connectivity index (χ3n) is 2.69. The number of rotatable bonds is 5. The largest absolute Gasteiger partial charge is 0.469 e. The molecule has 0 saturated heterocycles. The average molecular weight is 268 g/mol. The Labute approximate surface area is 111 Å². The molecule has 0 aliphatic carbocycles. The highest BCUT2D eigenvalue weighted by Gasteiger charge is 2.13. The lowest BCUT2D eigenvalue weighted by Crippen LogP contribution is -2.28. The van der Waals surface area contributed by atoms with Crippen molar-refractivity contribution in [1.29, 1.82) is 0 Å². The normalized spacial score (nSPS) is 10.1. The first kappa shape index (κ1) is 14.9. The summed E-state index contributed by atoms with van der Waals surface area (Å²) in [6, 6.07) is 3.84. The molecule has 0 atom stereocenters. The Hall–Kier alpha value is -2.11. The van der Waals surface area contributed by atoms with E-state index in [1.165, 1.54) is 24.1 Å². The third-order valence-corrected chi connectivity index (χ3v) is 2.69. The summed E-state index contributed by atoms with van der Waals surface area (Å²) in [5.74, 6) is -1.13. The predicted molar refractivity (Wildman–Crippen MR) is 69.0 cm³/mol. The van der Waals surface area contributed by atoms with Crippen LogP contribution in [-0.4, -0.2) is 37.5 Å². The first-order valence-corrected chi connectivity index (χ1v) is 5.83. The molecule has 1 aromatic carbocycles. The van der Waals surface area contributed by atoms with Crippen molar-refractivity contribution in [3.63, 3.8) is 0 Å². The molecule has 0 spiro atoms. The minimum atomic E-state index is -0.551. The number of anilines is 1. The first-order valence-electron chi connectivity index (χ1n) is 5.83. The summed E-state index contributed by atoms with van der Waals surface area (Å²) in [6.45, 7) is 0.408. The van der Waals surface area contributed by atoms with Crippen LogP contribution in [0, 0.1) is 5.82 Å². The molecule has 0 heterocycles. The first-order chi connectivity index (χ1) is 8.95. The summed E-state index contributed by atoms with van der Waals surface area (Å²) in [5.41, 5.74) is 5.67. The molecule has 0 saturated carbocycles. The van der Waals surface area contributed by atoms with Gasteiger partial charge in [0.05, 0.1) is 12.8 Å². The van der Waals surface area contributed by atoms with Gasteiger partial charge in [-0.15, -0.1) is 0 Å². The van der Waals surface area contributed by atoms with Crippen molar-refractivity contribution in [3.8, 4) is 0 Å². The third kappa shape index (κ3) is 4.24. The molecule has 1 rings (SSSR count). The molecule has 1 amide bonds. The molecule has 104 valence electrons. The molecule has 2 N–H and O–H groups in total. The van der Waals surface area contributed by atoms with E-state index < -0.39 is 5.82 Å². The van der Waals surface area contributed by atoms with Gasteiger partial charge in [0.25, 0.3) is 5.91 Å². The number of methoxy groups -OCH3 is 1. The average Bonchev–Trinajstić information content (AvgIpc) is 2.40. The molecule has 0 aliphatic heterocycles. The van der Waals surface area contributed by atoms with Crippen LogP contribution < -0.4 is 5.73 Å². The van der Waals surface area contributed by atoms with Crippen LogP contribution in [0.5, 0.6) is 0 Å². The molecule has 0 bridgehead atoms. The number of esters is 1. The summed E-state index contributed by atoms with van der Waals surface area (Å²) in [6.07, 6.45) is 0.755. The highest BCUT2D eigenvalue weighted by atomic mass is 19.1. The van der Waals surface area contributed by atoms with Gasteiger partial charge >= 0.3 is 5.97 Å². The monoisotopic (exact) mass is 268 g/mol. The van der Waals surface area contributed by atoms with Gasteiger partial charge in [0.1, 0.15) is 5.82 Å². The van der Waals surface area contributed by atoms with Crippen LogP contribution >= 0.6 is 0 Å². The standard InChI is InChI=1S/C13H17FN2O3/c1-16(7-3-4-12(17)19-2)13(18)9-5-6-10(14)11(15)8-9/h5-6,8H,3-4,7,15H2,1-2H3. The lowest BCUT2D eigenvalue weighted by atomic mass is 10.1. The minimum absolute atomic E-state index is 0.0613. The second-order valence-electron chi connectivity index (χ2n) is 4.14. The number of amides is 1. The van der Waals surface area contributed by atoms with Gasteiger partial charge in [-0.3, -0.25) is 9.59 Å². The maximum atomic E-state index is 13.0. The number of nitrogens with zero attached hydrogens (tertiary/aromatic N) is 1. The van der Waals surface area contributed by atoms with Gasteiger partial charge in [-0.25, -0.2) is 4.39 Å². The number of carbonyl (C=O) groups is 2. The van der Waals surface area contributed by atoms with Gasteiger partial charge in [0.15, 0.2) is 0 Å². The smallest absolute Gasteiger partial charge is 0.305 e. The van der Waals surface area contributed by atoms with E-state index >= 15 is 0 Å². The number of benzene rings is 1. The zero-order chi connectivity index (χ0) is 14.4. The summed E-state index contributed by atoms with van der Waals surface area (Å²) in [5, 5.41) is 0. The van der Waals surface area contributed by atoms with Crippen molar-refractivity contribution in [1.82, 2.24) is 4.90 Å². The number of nitrogens with two attached hydrogens (primary N) is 1. The van der Waals surface area contributed by atoms with Crippen molar-refractivity contribution in [3.05, 3.63) is 29.6 Å². The number of hydrogen-bond acceptors (Lipinski definition) is 4. The van der Waals surface area contributed by atoms with E-state index in [4.69, 9.17) is 5.73 Å². The van der Waals surface area contributed by atoms with Gasteiger partial charge < -0.3 is 15.4 Å². The number of hydrogen-bond donors (Lipinski definition) is 1. The van der Waals surface area contributed by atoms with E-state index in [0.29, 0.717) is 18.5 Å². The number of nitrogen functional groups attached to an aromatic ring is 1. The summed E-state index contributed by atoms with van der Waals surface area (Å²) in [7, 11) is 2.93. The fourth-order valence-corrected chi connectivity index (χ4v) is 1.56. The highest BCUT2D eigenvalue weighted by molar-refractivity contribution is 5.94. The lowest BCUT2D eigenvalue weighted by Gasteiger charge is -2.17. The fourth-order valence-electron chi connectivity index (χ4n) is 1.56. The molecule has 0 unspecified atom stereocenters. The topological polar surface area (TPSA) is 72.6 Å². The molecule has 6 heteroatoms. The van der Waals surface area contributed by atoms with Gasteiger partial charge in [-0.1, -0.05) is 0 Å². The zero-order valence-electron chi connectivity index (χ0n) is 11.0. The van der Waals surface area contributed by atoms with Crippen LogP contribution in [0.2, 0.25) is 0 Å². The van der Waals surface area contributed by atoms with Gasteiger partial charge in [0.2, 0.25) is 0 Å². The Morgan fingerprint density at radius 1 is 1.42 bits per heavy atom. The van der Waals surface area contributed by atoms with Crippen LogP contribution in [-0.2, 0) is 9.53 Å². The fraction of sp³-hybridized carbons (Fsp3) is 0.385. The van der Waals surface area contributed by atoms with Crippen molar-refractivity contribution in [2.45, 2.75) is 12.8 Å². The molecule has 0 radical (unpaired) electrons. The number of carbonyl (C=O) groups excluding carboxylic acids is 2. The molecule has 5 nitrogen and oxygen atoms in total. The lowest BCUT2D eigenvalue weighted by molar-refractivity contribution is -0.140. The Balaban J connectivity index is 2.56. The zero-order valence-corrected chi connectivity index (χ0v) is 11.0. The Kier molecular flexibility index (Phi) is 5.29. The van der Waals surface area contributed by atoms with E-state index in [1.54, 1.807) is 7.05 Å². The number of halogens is 1. The van der Waals surface area contributed by atoms with Gasteiger partial charge in [0, 0.05) is 25.6 Å². The maximum Gasteiger partial charge on any atom is 0.305 e. The molecule has 0 aromatic heterocycles. The van der Waals surface area contributed by atoms with E-state index in [9.17, 15) is 14.0 Å². The van der Waals surface area contributed by atoms with Gasteiger partial charge in [-0.05, 0) is 24.6 Å². The van der Waals surface area contributed by atoms with Crippen molar-refractivity contribution < 1.29 is 18.7 Å². The Morgan fingerprint density at radius 2 is 2.11 bits per heavy atom. The SMILES string of the molecule is COC(=O)CCCN(C)C(=O)c1ccc(F)c(N)c1. The Bertz CT molecular complexity index is 477. The van der Waals surface area contributed by atoms with Crippen molar-refractivity contribution in [2.24, 2.45) is 0 Å². The van der Waals surface area contributed by atoms with Crippen LogP contribution in [0.4, 0.5) is 10.1 Å². The molecule has 19 heavy (non-hydrogen) atoms. The van der Waals surface area contributed by atoms with E-state index in [2.05, 4.69) is 4.74 Å². The summed E-state index contributed by atoms with van der Waals surface area (Å²) in [4.78, 5) is 24.4. The van der Waals surface area contributed by atoms with Crippen LogP contribution in [0.25, 0.3) is 0 Å². The molecular weight excluding hydrogens is 251 g/mol. The maximum absolute atomic E-state index is 13.0. The van der Waals surface area contributed by atoms with E-state index in [1.807, 2.05) is 0 Å². The van der Waals surface area contributed by atoms with E-state index in [0.717, 1.165) is 6.07 Å². The Morgan fingerprint density at radius 3 is 2.68 bits per heavy atom. The van der Waals surface area contributed by atoms with Crippen LogP contribution in [0.15, 0.2) is 18.2 Å². The number of ether oxygens (including phenoxy) is 1. The molecular formula is C13H17FN2O3. The second kappa shape index (κ2) is 6.72. The van der Waals surface area contributed by atoms with E-state index in [-0.39, 0.29) is 24.0 Å². The summed E-state index contributed by atoms with van der Waals surface area (Å²) >= 11 is 0.